The lowest BCUT2D eigenvalue weighted by molar-refractivity contribution is 0.244. The number of benzene rings is 2. The first-order valence-corrected chi connectivity index (χ1v) is 9.99. The average Bonchev–Trinajstić information content (AvgIpc) is 2.65. The van der Waals surface area contributed by atoms with Gasteiger partial charge in [0.1, 0.15) is 11.6 Å². The summed E-state index contributed by atoms with van der Waals surface area (Å²) in [5.74, 6) is 0.984. The maximum atomic E-state index is 12.3. The van der Waals surface area contributed by atoms with Crippen LogP contribution in [-0.4, -0.2) is 19.5 Å². The second-order valence-corrected chi connectivity index (χ2v) is 7.82. The Morgan fingerprint density at radius 2 is 1.63 bits per heavy atom. The number of aromatic nitrogens is 1. The lowest BCUT2D eigenvalue weighted by Gasteiger charge is -2.15. The minimum Gasteiger partial charge on any atom is -0.489 e. The van der Waals surface area contributed by atoms with Crippen LogP contribution >= 0.6 is 0 Å². The van der Waals surface area contributed by atoms with E-state index in [0.29, 0.717) is 0 Å². The SMILES string of the molecule is CC(C)Oc1ccccc1Nc1ccc(NS(=O)(=O)c2ccccc2)nc1. The molecule has 3 rings (SSSR count). The number of ether oxygens (including phenoxy) is 1. The van der Waals surface area contributed by atoms with E-state index in [9.17, 15) is 8.42 Å². The number of rotatable bonds is 7. The molecule has 6 nitrogen and oxygen atoms in total. The van der Waals surface area contributed by atoms with Gasteiger partial charge in [-0.05, 0) is 50.2 Å². The van der Waals surface area contributed by atoms with Gasteiger partial charge in [0.15, 0.2) is 0 Å². The number of nitrogens with zero attached hydrogens (tertiary/aromatic N) is 1. The predicted octanol–water partition coefficient (Wildman–Crippen LogP) is 4.41. The first-order chi connectivity index (χ1) is 12.9. The average molecular weight is 383 g/mol. The number of hydrogen-bond acceptors (Lipinski definition) is 5. The maximum absolute atomic E-state index is 12.3. The van der Waals surface area contributed by atoms with Crippen molar-refractivity contribution in [2.75, 3.05) is 10.0 Å². The van der Waals surface area contributed by atoms with Crippen molar-refractivity contribution in [3.05, 3.63) is 72.9 Å². The van der Waals surface area contributed by atoms with Crippen LogP contribution in [0.25, 0.3) is 0 Å². The summed E-state index contributed by atoms with van der Waals surface area (Å²) in [6.45, 7) is 3.93. The molecule has 2 aromatic carbocycles. The number of nitrogens with one attached hydrogen (secondary N) is 2. The monoisotopic (exact) mass is 383 g/mol. The van der Waals surface area contributed by atoms with Gasteiger partial charge < -0.3 is 10.1 Å². The third-order valence-electron chi connectivity index (χ3n) is 3.58. The number of hydrogen-bond donors (Lipinski definition) is 2. The Morgan fingerprint density at radius 1 is 0.926 bits per heavy atom. The van der Waals surface area contributed by atoms with Crippen molar-refractivity contribution < 1.29 is 13.2 Å². The second kappa shape index (κ2) is 8.09. The lowest BCUT2D eigenvalue weighted by atomic mass is 10.2. The van der Waals surface area contributed by atoms with E-state index in [0.717, 1.165) is 17.1 Å². The highest BCUT2D eigenvalue weighted by Crippen LogP contribution is 2.28. The predicted molar refractivity (Wildman–Crippen MR) is 107 cm³/mol. The highest BCUT2D eigenvalue weighted by molar-refractivity contribution is 7.92. The molecule has 1 heterocycles. The molecule has 0 unspecified atom stereocenters. The molecule has 0 spiro atoms. The third-order valence-corrected chi connectivity index (χ3v) is 4.96. The van der Waals surface area contributed by atoms with Crippen molar-refractivity contribution in [2.45, 2.75) is 24.8 Å². The van der Waals surface area contributed by atoms with Gasteiger partial charge in [0.05, 0.1) is 28.6 Å². The van der Waals surface area contributed by atoms with Gasteiger partial charge in [-0.2, -0.15) is 0 Å². The summed E-state index contributed by atoms with van der Waals surface area (Å²) in [6, 6.07) is 19.1. The van der Waals surface area contributed by atoms with Crippen LogP contribution in [0.5, 0.6) is 5.75 Å². The molecule has 0 bridgehead atoms. The highest BCUT2D eigenvalue weighted by atomic mass is 32.2. The molecule has 0 aliphatic rings. The van der Waals surface area contributed by atoms with Crippen molar-refractivity contribution in [1.29, 1.82) is 0 Å². The van der Waals surface area contributed by atoms with Crippen LogP contribution in [0.4, 0.5) is 17.2 Å². The Morgan fingerprint density at radius 3 is 2.30 bits per heavy atom. The normalized spacial score (nSPS) is 11.2. The van der Waals surface area contributed by atoms with Gasteiger partial charge in [-0.1, -0.05) is 30.3 Å². The van der Waals surface area contributed by atoms with Crippen LogP contribution in [-0.2, 0) is 10.0 Å². The minimum atomic E-state index is -3.66. The summed E-state index contributed by atoms with van der Waals surface area (Å²) >= 11 is 0. The van der Waals surface area contributed by atoms with Crippen LogP contribution in [0.1, 0.15) is 13.8 Å². The zero-order valence-electron chi connectivity index (χ0n) is 15.1. The van der Waals surface area contributed by atoms with Crippen LogP contribution < -0.4 is 14.8 Å². The fraction of sp³-hybridized carbons (Fsp3) is 0.150. The molecule has 0 aliphatic carbocycles. The molecule has 27 heavy (non-hydrogen) atoms. The van der Waals surface area contributed by atoms with E-state index in [1.165, 1.54) is 12.1 Å². The summed E-state index contributed by atoms with van der Waals surface area (Å²) in [7, 11) is -3.66. The molecule has 0 aliphatic heterocycles. The van der Waals surface area contributed by atoms with E-state index >= 15 is 0 Å². The van der Waals surface area contributed by atoms with Gasteiger partial charge in [-0.25, -0.2) is 13.4 Å². The fourth-order valence-electron chi connectivity index (χ4n) is 2.41. The van der Waals surface area contributed by atoms with Crippen molar-refractivity contribution in [1.82, 2.24) is 4.98 Å². The molecular formula is C20H21N3O3S. The van der Waals surface area contributed by atoms with Gasteiger partial charge in [-0.3, -0.25) is 4.72 Å². The smallest absolute Gasteiger partial charge is 0.263 e. The van der Waals surface area contributed by atoms with Gasteiger partial charge in [-0.15, -0.1) is 0 Å². The van der Waals surface area contributed by atoms with E-state index < -0.39 is 10.0 Å². The molecule has 0 amide bonds. The lowest BCUT2D eigenvalue weighted by Crippen LogP contribution is -2.13. The molecule has 0 radical (unpaired) electrons. The summed E-state index contributed by atoms with van der Waals surface area (Å²) < 4.78 is 32.9. The number of pyridine rings is 1. The molecule has 0 saturated carbocycles. The summed E-state index contributed by atoms with van der Waals surface area (Å²) in [5.41, 5.74) is 1.53. The van der Waals surface area contributed by atoms with Crippen molar-refractivity contribution in [3.8, 4) is 5.75 Å². The van der Waals surface area contributed by atoms with E-state index in [2.05, 4.69) is 15.0 Å². The standard InChI is InChI=1S/C20H21N3O3S/c1-15(2)26-19-11-7-6-10-18(19)22-16-12-13-20(21-14-16)23-27(24,25)17-8-4-3-5-9-17/h3-15,22H,1-2H3,(H,21,23). The molecule has 0 atom stereocenters. The molecule has 3 aromatic rings. The molecule has 1 aromatic heterocycles. The van der Waals surface area contributed by atoms with Gasteiger partial charge >= 0.3 is 0 Å². The van der Waals surface area contributed by atoms with Crippen molar-refractivity contribution in [2.24, 2.45) is 0 Å². The zero-order valence-corrected chi connectivity index (χ0v) is 15.9. The minimum absolute atomic E-state index is 0.0563. The maximum Gasteiger partial charge on any atom is 0.263 e. The van der Waals surface area contributed by atoms with Gasteiger partial charge in [0.2, 0.25) is 0 Å². The second-order valence-electron chi connectivity index (χ2n) is 6.14. The molecule has 2 N–H and O–H groups in total. The Bertz CT molecular complexity index is 988. The quantitative estimate of drug-likeness (QED) is 0.631. The first kappa shape index (κ1) is 18.7. The van der Waals surface area contributed by atoms with E-state index in [-0.39, 0.29) is 16.8 Å². The van der Waals surface area contributed by atoms with E-state index in [1.807, 2.05) is 38.1 Å². The van der Waals surface area contributed by atoms with E-state index in [1.54, 1.807) is 36.5 Å². The highest BCUT2D eigenvalue weighted by Gasteiger charge is 2.14. The molecule has 0 saturated heterocycles. The number of sulfonamides is 1. The van der Waals surface area contributed by atoms with Crippen LogP contribution in [0.15, 0.2) is 77.8 Å². The van der Waals surface area contributed by atoms with Crippen molar-refractivity contribution in [3.63, 3.8) is 0 Å². The number of para-hydroxylation sites is 2. The summed E-state index contributed by atoms with van der Waals surface area (Å²) in [6.07, 6.45) is 1.62. The molecule has 7 heteroatoms. The Hall–Kier alpha value is -3.06. The van der Waals surface area contributed by atoms with E-state index in [4.69, 9.17) is 4.74 Å². The molecular weight excluding hydrogens is 362 g/mol. The van der Waals surface area contributed by atoms with Crippen LogP contribution in [0.3, 0.4) is 0 Å². The zero-order chi connectivity index (χ0) is 19.3. The van der Waals surface area contributed by atoms with Gasteiger partial charge in [0, 0.05) is 0 Å². The third kappa shape index (κ3) is 4.98. The summed E-state index contributed by atoms with van der Waals surface area (Å²) in [4.78, 5) is 4.37. The van der Waals surface area contributed by atoms with Gasteiger partial charge in [0.25, 0.3) is 10.0 Å². The Labute approximate surface area is 159 Å². The fourth-order valence-corrected chi connectivity index (χ4v) is 3.44. The summed E-state index contributed by atoms with van der Waals surface area (Å²) in [5, 5.41) is 3.23. The molecule has 0 fully saturated rings. The topological polar surface area (TPSA) is 80.3 Å². The first-order valence-electron chi connectivity index (χ1n) is 8.51. The largest absolute Gasteiger partial charge is 0.489 e. The van der Waals surface area contributed by atoms with Crippen LogP contribution in [0.2, 0.25) is 0 Å². The number of anilines is 3. The molecule has 140 valence electrons. The van der Waals surface area contributed by atoms with Crippen molar-refractivity contribution >= 4 is 27.2 Å². The Kier molecular flexibility index (Phi) is 5.61. The van der Waals surface area contributed by atoms with Crippen LogP contribution in [0, 0.1) is 0 Å². The Balaban J connectivity index is 1.73.